The lowest BCUT2D eigenvalue weighted by Crippen LogP contribution is -2.25. The minimum Gasteiger partial charge on any atom is -0.463 e. The monoisotopic (exact) mass is 308 g/mol. The van der Waals surface area contributed by atoms with Crippen molar-refractivity contribution in [3.8, 4) is 0 Å². The van der Waals surface area contributed by atoms with Gasteiger partial charge in [0.1, 0.15) is 6.61 Å². The molecule has 6 nitrogen and oxygen atoms in total. The smallest absolute Gasteiger partial charge is 0.347 e. The minimum absolute atomic E-state index is 0.0743. The first kappa shape index (κ1) is 17.7. The topological polar surface area (TPSA) is 78.9 Å². The maximum absolute atomic E-state index is 11.5. The summed E-state index contributed by atoms with van der Waals surface area (Å²) in [7, 11) is 0. The normalized spacial score (nSPS) is 11.4. The molecule has 0 spiro atoms. The van der Waals surface area contributed by atoms with E-state index in [4.69, 9.17) is 9.47 Å². The zero-order valence-corrected chi connectivity index (χ0v) is 12.7. The van der Waals surface area contributed by atoms with E-state index in [0.29, 0.717) is 6.42 Å². The number of carbonyl (C=O) groups excluding carboxylic acids is 3. The van der Waals surface area contributed by atoms with Crippen LogP contribution < -0.4 is 0 Å². The fourth-order valence-corrected chi connectivity index (χ4v) is 1.61. The van der Waals surface area contributed by atoms with Crippen LogP contribution in [0.15, 0.2) is 30.3 Å². The van der Waals surface area contributed by atoms with E-state index < -0.39 is 18.0 Å². The van der Waals surface area contributed by atoms with E-state index in [9.17, 15) is 14.4 Å². The van der Waals surface area contributed by atoms with E-state index in [0.717, 1.165) is 5.56 Å². The van der Waals surface area contributed by atoms with Gasteiger partial charge >= 0.3 is 17.9 Å². The minimum atomic E-state index is -0.942. The van der Waals surface area contributed by atoms with Gasteiger partial charge in [-0.1, -0.05) is 30.3 Å². The molecular formula is C16H20O6. The standard InChI is InChI=1S/C16H20O6/c1-12(22-13(2)17)16(19)20-10-6-9-15(18)21-11-14-7-4-3-5-8-14/h3-5,7-8,12H,6,9-11H2,1-2H3. The number of hydrogen-bond acceptors (Lipinski definition) is 6. The third-order valence-corrected chi connectivity index (χ3v) is 2.69. The molecule has 0 saturated carbocycles. The lowest BCUT2D eigenvalue weighted by Gasteiger charge is -2.11. The highest BCUT2D eigenvalue weighted by molar-refractivity contribution is 5.78. The number of benzene rings is 1. The average Bonchev–Trinajstić information content (AvgIpc) is 2.49. The summed E-state index contributed by atoms with van der Waals surface area (Å²) in [6.45, 7) is 2.94. The summed E-state index contributed by atoms with van der Waals surface area (Å²) in [6.07, 6.45) is -0.434. The SMILES string of the molecule is CC(=O)OC(C)C(=O)OCCCC(=O)OCc1ccccc1. The maximum Gasteiger partial charge on any atom is 0.347 e. The van der Waals surface area contributed by atoms with Gasteiger partial charge in [0.15, 0.2) is 6.10 Å². The molecule has 1 aromatic rings. The van der Waals surface area contributed by atoms with E-state index in [2.05, 4.69) is 4.74 Å². The Labute approximate surface area is 129 Å². The molecule has 0 aliphatic heterocycles. The van der Waals surface area contributed by atoms with Crippen LogP contribution in [0.5, 0.6) is 0 Å². The maximum atomic E-state index is 11.5. The van der Waals surface area contributed by atoms with Gasteiger partial charge in [-0.25, -0.2) is 4.79 Å². The first-order chi connectivity index (χ1) is 10.5. The molecule has 1 unspecified atom stereocenters. The van der Waals surface area contributed by atoms with E-state index in [1.165, 1.54) is 13.8 Å². The molecule has 0 N–H and O–H groups in total. The molecule has 120 valence electrons. The van der Waals surface area contributed by atoms with Crippen molar-refractivity contribution in [3.05, 3.63) is 35.9 Å². The zero-order chi connectivity index (χ0) is 16.4. The van der Waals surface area contributed by atoms with Crippen molar-refractivity contribution in [2.24, 2.45) is 0 Å². The summed E-state index contributed by atoms with van der Waals surface area (Å²) in [5.74, 6) is -1.53. The van der Waals surface area contributed by atoms with Crippen molar-refractivity contribution in [3.63, 3.8) is 0 Å². The molecule has 0 saturated heterocycles. The molecule has 6 heteroatoms. The van der Waals surface area contributed by atoms with Gasteiger partial charge in [0.25, 0.3) is 0 Å². The third-order valence-electron chi connectivity index (χ3n) is 2.69. The largest absolute Gasteiger partial charge is 0.463 e. The number of carbonyl (C=O) groups is 3. The van der Waals surface area contributed by atoms with Gasteiger partial charge in [0.05, 0.1) is 6.61 Å². The Morgan fingerprint density at radius 1 is 1.09 bits per heavy atom. The molecule has 0 aromatic heterocycles. The number of hydrogen-bond donors (Lipinski definition) is 0. The molecule has 0 aliphatic rings. The van der Waals surface area contributed by atoms with Crippen molar-refractivity contribution in [1.29, 1.82) is 0 Å². The average molecular weight is 308 g/mol. The molecule has 1 aromatic carbocycles. The van der Waals surface area contributed by atoms with Gasteiger partial charge in [-0.2, -0.15) is 0 Å². The summed E-state index contributed by atoms with van der Waals surface area (Å²) in [4.78, 5) is 33.6. The van der Waals surface area contributed by atoms with Gasteiger partial charge in [-0.3, -0.25) is 9.59 Å². The van der Waals surface area contributed by atoms with Crippen molar-refractivity contribution in [2.75, 3.05) is 6.61 Å². The summed E-state index contributed by atoms with van der Waals surface area (Å²) >= 11 is 0. The Morgan fingerprint density at radius 3 is 2.41 bits per heavy atom. The Hall–Kier alpha value is -2.37. The molecule has 0 heterocycles. The number of ether oxygens (including phenoxy) is 3. The van der Waals surface area contributed by atoms with E-state index in [-0.39, 0.29) is 25.6 Å². The lowest BCUT2D eigenvalue weighted by atomic mass is 10.2. The molecule has 0 fully saturated rings. The van der Waals surface area contributed by atoms with Crippen LogP contribution in [-0.4, -0.2) is 30.6 Å². The predicted molar refractivity (Wildman–Crippen MR) is 77.7 cm³/mol. The second-order valence-corrected chi connectivity index (χ2v) is 4.67. The molecule has 0 bridgehead atoms. The second-order valence-electron chi connectivity index (χ2n) is 4.67. The molecule has 0 aliphatic carbocycles. The Kier molecular flexibility index (Phi) is 7.67. The van der Waals surface area contributed by atoms with E-state index in [1.54, 1.807) is 0 Å². The van der Waals surface area contributed by atoms with Crippen LogP contribution >= 0.6 is 0 Å². The van der Waals surface area contributed by atoms with Crippen molar-refractivity contribution in [2.45, 2.75) is 39.4 Å². The Balaban J connectivity index is 2.12. The predicted octanol–water partition coefficient (Wildman–Crippen LogP) is 2.00. The molecule has 22 heavy (non-hydrogen) atoms. The third kappa shape index (κ3) is 7.42. The van der Waals surface area contributed by atoms with Crippen molar-refractivity contribution in [1.82, 2.24) is 0 Å². The highest BCUT2D eigenvalue weighted by atomic mass is 16.6. The highest BCUT2D eigenvalue weighted by Crippen LogP contribution is 2.03. The van der Waals surface area contributed by atoms with Gasteiger partial charge in [0.2, 0.25) is 0 Å². The summed E-state index contributed by atoms with van der Waals surface area (Å²) in [5.41, 5.74) is 0.914. The summed E-state index contributed by atoms with van der Waals surface area (Å²) in [5, 5.41) is 0. The van der Waals surface area contributed by atoms with Crippen LogP contribution in [0.3, 0.4) is 0 Å². The van der Waals surface area contributed by atoms with E-state index >= 15 is 0 Å². The summed E-state index contributed by atoms with van der Waals surface area (Å²) < 4.78 is 14.7. The van der Waals surface area contributed by atoms with Gasteiger partial charge < -0.3 is 14.2 Å². The Bertz CT molecular complexity index is 497. The second kappa shape index (κ2) is 9.55. The van der Waals surface area contributed by atoms with Gasteiger partial charge in [0, 0.05) is 13.3 Å². The fraction of sp³-hybridized carbons (Fsp3) is 0.438. The summed E-state index contributed by atoms with van der Waals surface area (Å²) in [6, 6.07) is 9.35. The number of esters is 3. The van der Waals surface area contributed by atoms with Gasteiger partial charge in [-0.05, 0) is 18.9 Å². The van der Waals surface area contributed by atoms with Crippen LogP contribution in [-0.2, 0) is 35.2 Å². The Morgan fingerprint density at radius 2 is 1.77 bits per heavy atom. The van der Waals surface area contributed by atoms with Crippen LogP contribution in [0.2, 0.25) is 0 Å². The molecular weight excluding hydrogens is 288 g/mol. The van der Waals surface area contributed by atoms with Crippen LogP contribution in [0, 0.1) is 0 Å². The molecule has 0 radical (unpaired) electrons. The van der Waals surface area contributed by atoms with Crippen molar-refractivity contribution >= 4 is 17.9 Å². The first-order valence-electron chi connectivity index (χ1n) is 7.02. The molecule has 0 amide bonds. The number of rotatable bonds is 8. The lowest BCUT2D eigenvalue weighted by molar-refractivity contribution is -0.165. The molecule has 1 rings (SSSR count). The van der Waals surface area contributed by atoms with Gasteiger partial charge in [-0.15, -0.1) is 0 Å². The van der Waals surface area contributed by atoms with Crippen LogP contribution in [0.25, 0.3) is 0 Å². The van der Waals surface area contributed by atoms with E-state index in [1.807, 2.05) is 30.3 Å². The zero-order valence-electron chi connectivity index (χ0n) is 12.7. The first-order valence-corrected chi connectivity index (χ1v) is 7.02. The fourth-order valence-electron chi connectivity index (χ4n) is 1.61. The van der Waals surface area contributed by atoms with Crippen LogP contribution in [0.4, 0.5) is 0 Å². The van der Waals surface area contributed by atoms with Crippen LogP contribution in [0.1, 0.15) is 32.3 Å². The quantitative estimate of drug-likeness (QED) is 0.415. The molecule has 1 atom stereocenters. The highest BCUT2D eigenvalue weighted by Gasteiger charge is 2.17. The van der Waals surface area contributed by atoms with Crippen molar-refractivity contribution < 1.29 is 28.6 Å².